The number of halogens is 1. The molecule has 0 spiro atoms. The van der Waals surface area contributed by atoms with E-state index in [9.17, 15) is 9.18 Å². The van der Waals surface area contributed by atoms with E-state index in [4.69, 9.17) is 0 Å². The van der Waals surface area contributed by atoms with E-state index in [1.54, 1.807) is 23.0 Å². The van der Waals surface area contributed by atoms with Crippen molar-refractivity contribution in [3.05, 3.63) is 76.5 Å². The van der Waals surface area contributed by atoms with E-state index in [1.165, 1.54) is 35.2 Å². The first-order valence-electron chi connectivity index (χ1n) is 9.04. The van der Waals surface area contributed by atoms with Crippen LogP contribution in [0.4, 0.5) is 9.52 Å². The molecule has 0 atom stereocenters. The monoisotopic (exact) mass is 440 g/mol. The van der Waals surface area contributed by atoms with E-state index in [2.05, 4.69) is 25.8 Å². The van der Waals surface area contributed by atoms with Crippen LogP contribution < -0.4 is 5.32 Å². The quantitative estimate of drug-likeness (QED) is 0.439. The van der Waals surface area contributed by atoms with E-state index in [-0.39, 0.29) is 17.5 Å². The summed E-state index contributed by atoms with van der Waals surface area (Å²) in [6.07, 6.45) is 2.35. The molecular weight excluding hydrogens is 423 g/mol. The first-order chi connectivity index (χ1) is 14.6. The fraction of sp³-hybridized carbons (Fsp3) is 0.150. The summed E-state index contributed by atoms with van der Waals surface area (Å²) in [7, 11) is 0. The molecule has 0 bridgehead atoms. The number of carbonyl (C=O) groups excluding carboxylic acids is 1. The number of hydrogen-bond donors (Lipinski definition) is 1. The molecule has 1 N–H and O–H groups in total. The van der Waals surface area contributed by atoms with Gasteiger partial charge in [-0.15, -0.1) is 16.4 Å². The number of nitrogens with one attached hydrogen (secondary N) is 1. The van der Waals surface area contributed by atoms with Crippen LogP contribution in [0.25, 0.3) is 5.69 Å². The average molecular weight is 441 g/mol. The highest BCUT2D eigenvalue weighted by molar-refractivity contribution is 7.99. The van der Waals surface area contributed by atoms with Gasteiger partial charge in [-0.1, -0.05) is 41.6 Å². The molecule has 4 rings (SSSR count). The highest BCUT2D eigenvalue weighted by Crippen LogP contribution is 2.23. The number of aryl methyl sites for hydroxylation is 1. The normalized spacial score (nSPS) is 10.9. The molecule has 0 aliphatic carbocycles. The molecule has 10 heteroatoms. The highest BCUT2D eigenvalue weighted by Gasteiger charge is 2.13. The van der Waals surface area contributed by atoms with Crippen LogP contribution in [-0.4, -0.2) is 36.9 Å². The Morgan fingerprint density at radius 2 is 1.93 bits per heavy atom. The third kappa shape index (κ3) is 5.08. The molecule has 0 radical (unpaired) electrons. The molecule has 0 saturated heterocycles. The number of anilines is 1. The molecule has 2 aromatic heterocycles. The Kier molecular flexibility index (Phi) is 6.15. The Bertz CT molecular complexity index is 1140. The molecule has 2 aromatic carbocycles. The van der Waals surface area contributed by atoms with Gasteiger partial charge in [0.15, 0.2) is 5.13 Å². The van der Waals surface area contributed by atoms with Crippen molar-refractivity contribution >= 4 is 34.1 Å². The van der Waals surface area contributed by atoms with Crippen LogP contribution in [0.3, 0.4) is 0 Å². The van der Waals surface area contributed by atoms with Gasteiger partial charge in [0.2, 0.25) is 11.1 Å². The third-order valence-corrected chi connectivity index (χ3v) is 5.98. The van der Waals surface area contributed by atoms with Crippen LogP contribution in [0.5, 0.6) is 0 Å². The van der Waals surface area contributed by atoms with Crippen molar-refractivity contribution in [2.24, 2.45) is 0 Å². The number of thiazole rings is 1. The number of benzene rings is 2. The van der Waals surface area contributed by atoms with Gasteiger partial charge in [0, 0.05) is 17.5 Å². The van der Waals surface area contributed by atoms with Crippen LogP contribution in [0, 0.1) is 12.7 Å². The molecular formula is C20H17FN6OS2. The first-order valence-corrected chi connectivity index (χ1v) is 10.8. The van der Waals surface area contributed by atoms with Crippen molar-refractivity contribution in [2.45, 2.75) is 18.5 Å². The lowest BCUT2D eigenvalue weighted by atomic mass is 10.1. The molecule has 152 valence electrons. The van der Waals surface area contributed by atoms with Gasteiger partial charge in [-0.05, 0) is 47.2 Å². The number of thioether (sulfide) groups is 1. The SMILES string of the molecule is Cc1ccc(-n2nnnc2SCC(=O)Nc2ncc(Cc3ccc(F)cc3)s2)cc1. The Balaban J connectivity index is 1.33. The van der Waals surface area contributed by atoms with Crippen LogP contribution in [0.15, 0.2) is 59.9 Å². The summed E-state index contributed by atoms with van der Waals surface area (Å²) in [6, 6.07) is 14.1. The summed E-state index contributed by atoms with van der Waals surface area (Å²) in [5.41, 5.74) is 2.96. The van der Waals surface area contributed by atoms with Crippen LogP contribution in [0.1, 0.15) is 16.0 Å². The summed E-state index contributed by atoms with van der Waals surface area (Å²) < 4.78 is 14.6. The second-order valence-electron chi connectivity index (χ2n) is 6.48. The number of tetrazole rings is 1. The van der Waals surface area contributed by atoms with Crippen molar-refractivity contribution in [2.75, 3.05) is 11.1 Å². The molecule has 0 saturated carbocycles. The van der Waals surface area contributed by atoms with Crippen molar-refractivity contribution in [1.82, 2.24) is 25.2 Å². The van der Waals surface area contributed by atoms with E-state index >= 15 is 0 Å². The van der Waals surface area contributed by atoms with E-state index < -0.39 is 0 Å². The van der Waals surface area contributed by atoms with Crippen LogP contribution in [-0.2, 0) is 11.2 Å². The number of carbonyl (C=O) groups is 1. The smallest absolute Gasteiger partial charge is 0.236 e. The highest BCUT2D eigenvalue weighted by atomic mass is 32.2. The summed E-state index contributed by atoms with van der Waals surface area (Å²) in [5, 5.41) is 15.6. The lowest BCUT2D eigenvalue weighted by Gasteiger charge is -2.04. The predicted molar refractivity (Wildman–Crippen MR) is 115 cm³/mol. The molecule has 4 aromatic rings. The lowest BCUT2D eigenvalue weighted by Crippen LogP contribution is -2.14. The number of hydrogen-bond acceptors (Lipinski definition) is 7. The van der Waals surface area contributed by atoms with Crippen molar-refractivity contribution in [3.8, 4) is 5.69 Å². The van der Waals surface area contributed by atoms with Crippen molar-refractivity contribution < 1.29 is 9.18 Å². The maximum atomic E-state index is 13.0. The summed E-state index contributed by atoms with van der Waals surface area (Å²) >= 11 is 2.64. The zero-order valence-corrected chi connectivity index (χ0v) is 17.6. The fourth-order valence-corrected chi connectivity index (χ4v) is 4.21. The van der Waals surface area contributed by atoms with Crippen molar-refractivity contribution in [1.29, 1.82) is 0 Å². The molecule has 0 unspecified atom stereocenters. The van der Waals surface area contributed by atoms with E-state index in [0.29, 0.717) is 16.7 Å². The minimum absolute atomic E-state index is 0.152. The standard InChI is InChI=1S/C20H17FN6OS2/c1-13-2-8-16(9-3-13)27-20(24-25-26-27)29-12-18(28)23-19-22-11-17(30-19)10-14-4-6-15(21)7-5-14/h2-9,11H,10,12H2,1H3,(H,22,23,28). The molecule has 30 heavy (non-hydrogen) atoms. The van der Waals surface area contributed by atoms with Crippen molar-refractivity contribution in [3.63, 3.8) is 0 Å². The molecule has 0 aliphatic heterocycles. The van der Waals surface area contributed by atoms with Gasteiger partial charge in [-0.3, -0.25) is 4.79 Å². The second-order valence-corrected chi connectivity index (χ2v) is 8.54. The topological polar surface area (TPSA) is 85.6 Å². The van der Waals surface area contributed by atoms with Gasteiger partial charge in [0.25, 0.3) is 0 Å². The molecule has 0 fully saturated rings. The number of nitrogens with zero attached hydrogens (tertiary/aromatic N) is 5. The maximum absolute atomic E-state index is 13.0. The van der Waals surface area contributed by atoms with Gasteiger partial charge in [0.1, 0.15) is 5.82 Å². The predicted octanol–water partition coefficient (Wildman–Crippen LogP) is 3.89. The van der Waals surface area contributed by atoms with Gasteiger partial charge < -0.3 is 5.32 Å². The molecule has 1 amide bonds. The summed E-state index contributed by atoms with van der Waals surface area (Å²) in [6.45, 7) is 2.01. The van der Waals surface area contributed by atoms with Gasteiger partial charge in [-0.2, -0.15) is 4.68 Å². The second kappa shape index (κ2) is 9.14. The summed E-state index contributed by atoms with van der Waals surface area (Å²) in [5.74, 6) is -0.304. The Morgan fingerprint density at radius 1 is 1.17 bits per heavy atom. The van der Waals surface area contributed by atoms with Crippen LogP contribution in [0.2, 0.25) is 0 Å². The largest absolute Gasteiger partial charge is 0.301 e. The zero-order chi connectivity index (χ0) is 20.9. The number of amides is 1. The van der Waals surface area contributed by atoms with Gasteiger partial charge in [0.05, 0.1) is 11.4 Å². The first kappa shape index (κ1) is 20.2. The fourth-order valence-electron chi connectivity index (χ4n) is 2.65. The number of rotatable bonds is 7. The Hall–Kier alpha value is -3.11. The molecule has 7 nitrogen and oxygen atoms in total. The van der Waals surface area contributed by atoms with Gasteiger partial charge in [-0.25, -0.2) is 9.37 Å². The summed E-state index contributed by atoms with van der Waals surface area (Å²) in [4.78, 5) is 17.5. The Morgan fingerprint density at radius 3 is 2.70 bits per heavy atom. The minimum atomic E-state index is -0.262. The van der Waals surface area contributed by atoms with E-state index in [1.807, 2.05) is 31.2 Å². The molecule has 0 aliphatic rings. The molecule has 2 heterocycles. The maximum Gasteiger partial charge on any atom is 0.236 e. The van der Waals surface area contributed by atoms with Crippen LogP contribution >= 0.6 is 23.1 Å². The van der Waals surface area contributed by atoms with E-state index in [0.717, 1.165) is 21.7 Å². The average Bonchev–Trinajstić information content (AvgIpc) is 3.38. The zero-order valence-electron chi connectivity index (χ0n) is 15.9. The number of aromatic nitrogens is 5. The lowest BCUT2D eigenvalue weighted by molar-refractivity contribution is -0.113. The minimum Gasteiger partial charge on any atom is -0.301 e. The Labute approximate surface area is 180 Å². The third-order valence-electron chi connectivity index (χ3n) is 4.14. The van der Waals surface area contributed by atoms with Gasteiger partial charge >= 0.3 is 0 Å².